The second-order valence-corrected chi connectivity index (χ2v) is 5.12. The Kier molecular flexibility index (Phi) is 7.79. The van der Waals surface area contributed by atoms with Crippen LogP contribution in [0.15, 0.2) is 24.3 Å². The molecular weight excluding hydrogens is 294 g/mol. The number of rotatable bonds is 9. The minimum Gasteiger partial charge on any atom is -0.479 e. The SMILES string of the molecule is CC(OCCNC(=O)CCCc1ccc(Cl)cc1)C(=O)O. The molecule has 0 spiro atoms. The number of amides is 1. The van der Waals surface area contributed by atoms with Gasteiger partial charge in [-0.15, -0.1) is 0 Å². The first-order valence-corrected chi connectivity index (χ1v) is 7.22. The summed E-state index contributed by atoms with van der Waals surface area (Å²) in [6.07, 6.45) is 1.14. The molecule has 1 aromatic rings. The fourth-order valence-electron chi connectivity index (χ4n) is 1.69. The third kappa shape index (κ3) is 7.68. The van der Waals surface area contributed by atoms with E-state index < -0.39 is 12.1 Å². The van der Waals surface area contributed by atoms with E-state index in [1.807, 2.05) is 24.3 Å². The van der Waals surface area contributed by atoms with Crippen molar-refractivity contribution in [3.63, 3.8) is 0 Å². The summed E-state index contributed by atoms with van der Waals surface area (Å²) < 4.78 is 5.01. The second-order valence-electron chi connectivity index (χ2n) is 4.68. The predicted octanol–water partition coefficient (Wildman–Crippen LogP) is 2.27. The van der Waals surface area contributed by atoms with Gasteiger partial charge in [0.25, 0.3) is 0 Å². The van der Waals surface area contributed by atoms with Gasteiger partial charge in [0, 0.05) is 18.0 Å². The molecule has 1 unspecified atom stereocenters. The number of nitrogens with one attached hydrogen (secondary N) is 1. The Balaban J connectivity index is 2.09. The number of carbonyl (C=O) groups excluding carboxylic acids is 1. The number of carboxylic acids is 1. The van der Waals surface area contributed by atoms with Gasteiger partial charge in [-0.2, -0.15) is 0 Å². The highest BCUT2D eigenvalue weighted by atomic mass is 35.5. The van der Waals surface area contributed by atoms with Crippen LogP contribution in [0, 0.1) is 0 Å². The lowest BCUT2D eigenvalue weighted by Crippen LogP contribution is -2.30. The molecule has 0 fully saturated rings. The van der Waals surface area contributed by atoms with Crippen LogP contribution in [0.1, 0.15) is 25.3 Å². The molecule has 116 valence electrons. The molecular formula is C15H20ClNO4. The van der Waals surface area contributed by atoms with Crippen molar-refractivity contribution in [2.75, 3.05) is 13.2 Å². The highest BCUT2D eigenvalue weighted by Crippen LogP contribution is 2.11. The molecule has 0 radical (unpaired) electrons. The lowest BCUT2D eigenvalue weighted by molar-refractivity contribution is -0.148. The zero-order valence-corrected chi connectivity index (χ0v) is 12.7. The summed E-state index contributed by atoms with van der Waals surface area (Å²) in [6.45, 7) is 1.96. The van der Waals surface area contributed by atoms with Crippen LogP contribution >= 0.6 is 11.6 Å². The molecule has 0 aliphatic rings. The lowest BCUT2D eigenvalue weighted by Gasteiger charge is -2.09. The summed E-state index contributed by atoms with van der Waals surface area (Å²) in [4.78, 5) is 22.1. The fourth-order valence-corrected chi connectivity index (χ4v) is 1.82. The zero-order chi connectivity index (χ0) is 15.7. The average molecular weight is 314 g/mol. The van der Waals surface area contributed by atoms with Gasteiger partial charge >= 0.3 is 5.97 Å². The van der Waals surface area contributed by atoms with Crippen LogP contribution in [-0.4, -0.2) is 36.2 Å². The van der Waals surface area contributed by atoms with Gasteiger partial charge in [0.05, 0.1) is 6.61 Å². The maximum Gasteiger partial charge on any atom is 0.332 e. The smallest absolute Gasteiger partial charge is 0.332 e. The van der Waals surface area contributed by atoms with Gasteiger partial charge in [0.1, 0.15) is 0 Å². The molecule has 1 rings (SSSR count). The van der Waals surface area contributed by atoms with E-state index in [1.54, 1.807) is 0 Å². The van der Waals surface area contributed by atoms with E-state index in [9.17, 15) is 9.59 Å². The number of aliphatic carboxylic acids is 1. The predicted molar refractivity (Wildman–Crippen MR) is 80.4 cm³/mol. The molecule has 0 aliphatic heterocycles. The molecule has 0 heterocycles. The maximum atomic E-state index is 11.6. The van der Waals surface area contributed by atoms with E-state index in [1.165, 1.54) is 6.92 Å². The van der Waals surface area contributed by atoms with Crippen molar-refractivity contribution in [1.29, 1.82) is 0 Å². The normalized spacial score (nSPS) is 11.9. The largest absolute Gasteiger partial charge is 0.479 e. The molecule has 1 atom stereocenters. The topological polar surface area (TPSA) is 75.6 Å². The van der Waals surface area contributed by atoms with E-state index in [0.29, 0.717) is 18.0 Å². The third-order valence-electron chi connectivity index (χ3n) is 2.92. The summed E-state index contributed by atoms with van der Waals surface area (Å²) in [6, 6.07) is 7.55. The molecule has 21 heavy (non-hydrogen) atoms. The minimum atomic E-state index is -1.01. The van der Waals surface area contributed by atoms with Gasteiger partial charge in [-0.1, -0.05) is 23.7 Å². The number of hydrogen-bond donors (Lipinski definition) is 2. The van der Waals surface area contributed by atoms with Crippen LogP contribution in [0.5, 0.6) is 0 Å². The van der Waals surface area contributed by atoms with Crippen molar-refractivity contribution in [3.05, 3.63) is 34.9 Å². The van der Waals surface area contributed by atoms with Gasteiger partial charge in [-0.25, -0.2) is 4.79 Å². The number of ether oxygens (including phenoxy) is 1. The summed E-state index contributed by atoms with van der Waals surface area (Å²) in [5.74, 6) is -1.07. The first-order valence-electron chi connectivity index (χ1n) is 6.84. The van der Waals surface area contributed by atoms with Crippen molar-refractivity contribution in [2.45, 2.75) is 32.3 Å². The van der Waals surface area contributed by atoms with Crippen molar-refractivity contribution in [2.24, 2.45) is 0 Å². The summed E-state index contributed by atoms with van der Waals surface area (Å²) >= 11 is 5.80. The Morgan fingerprint density at radius 3 is 2.62 bits per heavy atom. The van der Waals surface area contributed by atoms with E-state index in [4.69, 9.17) is 21.4 Å². The molecule has 1 aromatic carbocycles. The molecule has 0 saturated heterocycles. The summed E-state index contributed by atoms with van der Waals surface area (Å²) in [7, 11) is 0. The van der Waals surface area contributed by atoms with Crippen molar-refractivity contribution >= 4 is 23.5 Å². The maximum absolute atomic E-state index is 11.6. The van der Waals surface area contributed by atoms with Crippen LogP contribution in [0.3, 0.4) is 0 Å². The second kappa shape index (κ2) is 9.37. The molecule has 0 bridgehead atoms. The average Bonchev–Trinajstić information content (AvgIpc) is 2.45. The molecule has 0 aliphatic carbocycles. The van der Waals surface area contributed by atoms with Gasteiger partial charge in [-0.3, -0.25) is 4.79 Å². The van der Waals surface area contributed by atoms with E-state index in [0.717, 1.165) is 18.4 Å². The number of halogens is 1. The quantitative estimate of drug-likeness (QED) is 0.686. The van der Waals surface area contributed by atoms with E-state index >= 15 is 0 Å². The molecule has 2 N–H and O–H groups in total. The molecule has 1 amide bonds. The van der Waals surface area contributed by atoms with Crippen LogP contribution in [-0.2, 0) is 20.7 Å². The van der Waals surface area contributed by atoms with Crippen molar-refractivity contribution < 1.29 is 19.4 Å². The number of hydrogen-bond acceptors (Lipinski definition) is 3. The number of aryl methyl sites for hydroxylation is 1. The number of carbonyl (C=O) groups is 2. The minimum absolute atomic E-state index is 0.0597. The molecule has 5 nitrogen and oxygen atoms in total. The number of benzene rings is 1. The highest BCUT2D eigenvalue weighted by molar-refractivity contribution is 6.30. The van der Waals surface area contributed by atoms with Crippen molar-refractivity contribution in [3.8, 4) is 0 Å². The third-order valence-corrected chi connectivity index (χ3v) is 3.17. The van der Waals surface area contributed by atoms with Crippen LogP contribution < -0.4 is 5.32 Å². The summed E-state index contributed by atoms with van der Waals surface area (Å²) in [5, 5.41) is 12.0. The monoisotopic (exact) mass is 313 g/mol. The molecule has 0 saturated carbocycles. The lowest BCUT2D eigenvalue weighted by atomic mass is 10.1. The van der Waals surface area contributed by atoms with Crippen LogP contribution in [0.2, 0.25) is 5.02 Å². The Bertz CT molecular complexity index is 461. The first-order chi connectivity index (χ1) is 9.99. The van der Waals surface area contributed by atoms with Crippen LogP contribution in [0.4, 0.5) is 0 Å². The Morgan fingerprint density at radius 1 is 1.33 bits per heavy atom. The van der Waals surface area contributed by atoms with Gasteiger partial charge in [-0.05, 0) is 37.5 Å². The van der Waals surface area contributed by atoms with Gasteiger partial charge < -0.3 is 15.2 Å². The standard InChI is InChI=1S/C15H20ClNO4/c1-11(15(19)20)21-10-9-17-14(18)4-2-3-12-5-7-13(16)8-6-12/h5-8,11H,2-4,9-10H2,1H3,(H,17,18)(H,19,20). The van der Waals surface area contributed by atoms with Crippen molar-refractivity contribution in [1.82, 2.24) is 5.32 Å². The van der Waals surface area contributed by atoms with Crippen LogP contribution in [0.25, 0.3) is 0 Å². The Morgan fingerprint density at radius 2 is 2.00 bits per heavy atom. The summed E-state index contributed by atoms with van der Waals surface area (Å²) in [5.41, 5.74) is 1.14. The van der Waals surface area contributed by atoms with Gasteiger partial charge in [0.15, 0.2) is 6.10 Å². The molecule has 0 aromatic heterocycles. The zero-order valence-electron chi connectivity index (χ0n) is 12.0. The van der Waals surface area contributed by atoms with E-state index in [2.05, 4.69) is 5.32 Å². The highest BCUT2D eigenvalue weighted by Gasteiger charge is 2.10. The first kappa shape index (κ1) is 17.5. The Hall–Kier alpha value is -1.59. The molecule has 6 heteroatoms. The number of carboxylic acid groups (broad SMARTS) is 1. The van der Waals surface area contributed by atoms with E-state index in [-0.39, 0.29) is 12.5 Å². The Labute approximate surface area is 129 Å². The fraction of sp³-hybridized carbons (Fsp3) is 0.467. The van der Waals surface area contributed by atoms with Gasteiger partial charge in [0.2, 0.25) is 5.91 Å².